The van der Waals surface area contributed by atoms with Crippen LogP contribution in [0.1, 0.15) is 19.3 Å². The molecule has 0 bridgehead atoms. The maximum Gasteiger partial charge on any atom is 0.305 e. The number of rotatable bonds is 3. The van der Waals surface area contributed by atoms with Crippen LogP contribution >= 0.6 is 0 Å². The second-order valence-corrected chi connectivity index (χ2v) is 3.25. The third-order valence-corrected chi connectivity index (χ3v) is 2.37. The monoisotopic (exact) mass is 190 g/mol. The minimum absolute atomic E-state index is 0.0344. The maximum absolute atomic E-state index is 13.1. The predicted molar refractivity (Wildman–Crippen MR) is 45.1 cm³/mol. The number of methoxy groups -OCH3 is 1. The molecule has 0 aliphatic carbocycles. The largest absolute Gasteiger partial charge is 0.469 e. The molecule has 1 fully saturated rings. The molecule has 0 aromatic carbocycles. The molecule has 0 saturated carbocycles. The van der Waals surface area contributed by atoms with Crippen molar-refractivity contribution in [1.29, 1.82) is 0 Å². The number of esters is 1. The Kier molecular flexibility index (Phi) is 4.15. The van der Waals surface area contributed by atoms with E-state index in [0.29, 0.717) is 25.9 Å². The average Bonchev–Trinajstić information content (AvgIpc) is 2.16. The van der Waals surface area contributed by atoms with E-state index in [1.165, 1.54) is 7.11 Å². The van der Waals surface area contributed by atoms with Gasteiger partial charge in [-0.1, -0.05) is 0 Å². The summed E-state index contributed by atoms with van der Waals surface area (Å²) in [6.45, 7) is 0.776. The van der Waals surface area contributed by atoms with E-state index in [1.54, 1.807) is 0 Å². The molecule has 0 spiro atoms. The van der Waals surface area contributed by atoms with Crippen LogP contribution in [0.2, 0.25) is 0 Å². The van der Waals surface area contributed by atoms with Crippen LogP contribution < -0.4 is 0 Å². The first-order chi connectivity index (χ1) is 6.24. The van der Waals surface area contributed by atoms with Crippen molar-refractivity contribution < 1.29 is 18.7 Å². The first kappa shape index (κ1) is 10.4. The molecule has 1 heterocycles. The number of hydrogen-bond donors (Lipinski definition) is 0. The summed E-state index contributed by atoms with van der Waals surface area (Å²) in [6, 6.07) is 0. The highest BCUT2D eigenvalue weighted by molar-refractivity contribution is 5.69. The first-order valence-corrected chi connectivity index (χ1v) is 4.52. The molecule has 0 aromatic rings. The van der Waals surface area contributed by atoms with Gasteiger partial charge in [0.05, 0.1) is 13.7 Å². The molecule has 0 N–H and O–H groups in total. The highest BCUT2D eigenvalue weighted by atomic mass is 19.1. The molecule has 1 aliphatic rings. The van der Waals surface area contributed by atoms with Crippen molar-refractivity contribution in [1.82, 2.24) is 0 Å². The standard InChI is InChI=1S/C9H15FO3/c1-12-9(11)3-2-7-4-5-13-6-8(7)10/h7-8H,2-6H2,1H3/t7-,8+/m0/s1. The van der Waals surface area contributed by atoms with Crippen LogP contribution in [0.3, 0.4) is 0 Å². The van der Waals surface area contributed by atoms with E-state index in [1.807, 2.05) is 0 Å². The molecule has 1 aliphatic heterocycles. The van der Waals surface area contributed by atoms with E-state index in [0.717, 1.165) is 0 Å². The summed E-state index contributed by atoms with van der Waals surface area (Å²) in [7, 11) is 1.35. The van der Waals surface area contributed by atoms with Gasteiger partial charge in [-0.3, -0.25) is 4.79 Å². The Balaban J connectivity index is 2.22. The van der Waals surface area contributed by atoms with Gasteiger partial charge < -0.3 is 9.47 Å². The number of ether oxygens (including phenoxy) is 2. The Bertz CT molecular complexity index is 172. The number of halogens is 1. The zero-order chi connectivity index (χ0) is 9.68. The molecule has 2 atom stereocenters. The van der Waals surface area contributed by atoms with Crippen molar-refractivity contribution in [3.05, 3.63) is 0 Å². The van der Waals surface area contributed by atoms with Gasteiger partial charge in [-0.05, 0) is 18.8 Å². The zero-order valence-corrected chi connectivity index (χ0v) is 7.79. The molecule has 3 nitrogen and oxygen atoms in total. The van der Waals surface area contributed by atoms with Gasteiger partial charge >= 0.3 is 5.97 Å². The van der Waals surface area contributed by atoms with Crippen molar-refractivity contribution in [2.24, 2.45) is 5.92 Å². The second-order valence-electron chi connectivity index (χ2n) is 3.25. The molecule has 13 heavy (non-hydrogen) atoms. The predicted octanol–water partition coefficient (Wildman–Crippen LogP) is 1.31. The summed E-state index contributed by atoms with van der Waals surface area (Å²) < 4.78 is 22.6. The minimum atomic E-state index is -0.918. The van der Waals surface area contributed by atoms with Gasteiger partial charge in [-0.2, -0.15) is 0 Å². The van der Waals surface area contributed by atoms with Gasteiger partial charge in [0, 0.05) is 13.0 Å². The van der Waals surface area contributed by atoms with E-state index in [2.05, 4.69) is 4.74 Å². The van der Waals surface area contributed by atoms with Crippen LogP contribution in [0.5, 0.6) is 0 Å². The fourth-order valence-corrected chi connectivity index (χ4v) is 1.48. The Morgan fingerprint density at radius 3 is 3.08 bits per heavy atom. The first-order valence-electron chi connectivity index (χ1n) is 4.52. The summed E-state index contributed by atoms with van der Waals surface area (Å²) in [5, 5.41) is 0. The fraction of sp³-hybridized carbons (Fsp3) is 0.889. The van der Waals surface area contributed by atoms with Crippen molar-refractivity contribution in [2.45, 2.75) is 25.4 Å². The Morgan fingerprint density at radius 2 is 2.46 bits per heavy atom. The lowest BCUT2D eigenvalue weighted by atomic mass is 9.93. The normalized spacial score (nSPS) is 28.5. The summed E-state index contributed by atoms with van der Waals surface area (Å²) in [5.41, 5.74) is 0. The summed E-state index contributed by atoms with van der Waals surface area (Å²) in [6.07, 6.45) is 0.662. The second kappa shape index (κ2) is 5.17. The zero-order valence-electron chi connectivity index (χ0n) is 7.79. The Labute approximate surface area is 77.2 Å². The molecule has 76 valence electrons. The lowest BCUT2D eigenvalue weighted by Gasteiger charge is -2.25. The molecular formula is C9H15FO3. The molecule has 1 saturated heterocycles. The third-order valence-electron chi connectivity index (χ3n) is 2.37. The van der Waals surface area contributed by atoms with E-state index < -0.39 is 6.17 Å². The van der Waals surface area contributed by atoms with Gasteiger partial charge in [0.2, 0.25) is 0 Å². The van der Waals surface area contributed by atoms with Crippen molar-refractivity contribution in [3.63, 3.8) is 0 Å². The van der Waals surface area contributed by atoms with E-state index >= 15 is 0 Å². The number of alkyl halides is 1. The molecule has 4 heteroatoms. The molecule has 0 amide bonds. The van der Waals surface area contributed by atoms with Gasteiger partial charge in [0.25, 0.3) is 0 Å². The summed E-state index contributed by atoms with van der Waals surface area (Å²) >= 11 is 0. The summed E-state index contributed by atoms with van der Waals surface area (Å²) in [4.78, 5) is 10.8. The van der Waals surface area contributed by atoms with Crippen LogP contribution in [0, 0.1) is 5.92 Å². The van der Waals surface area contributed by atoms with E-state index in [-0.39, 0.29) is 18.5 Å². The Morgan fingerprint density at radius 1 is 1.69 bits per heavy atom. The van der Waals surface area contributed by atoms with Gasteiger partial charge in [0.1, 0.15) is 6.17 Å². The smallest absolute Gasteiger partial charge is 0.305 e. The number of carbonyl (C=O) groups is 1. The molecule has 0 aromatic heterocycles. The lowest BCUT2D eigenvalue weighted by Crippen LogP contribution is -2.29. The fourth-order valence-electron chi connectivity index (χ4n) is 1.48. The average molecular weight is 190 g/mol. The highest BCUT2D eigenvalue weighted by Gasteiger charge is 2.25. The quantitative estimate of drug-likeness (QED) is 0.629. The molecule has 1 rings (SSSR count). The van der Waals surface area contributed by atoms with E-state index in [9.17, 15) is 9.18 Å². The molecule has 0 radical (unpaired) electrons. The van der Waals surface area contributed by atoms with Crippen LogP contribution in [-0.4, -0.2) is 32.5 Å². The molecule has 0 unspecified atom stereocenters. The number of carbonyl (C=O) groups excluding carboxylic acids is 1. The van der Waals surface area contributed by atoms with Crippen molar-refractivity contribution in [3.8, 4) is 0 Å². The van der Waals surface area contributed by atoms with Gasteiger partial charge in [-0.25, -0.2) is 4.39 Å². The van der Waals surface area contributed by atoms with Crippen LogP contribution in [0.25, 0.3) is 0 Å². The topological polar surface area (TPSA) is 35.5 Å². The van der Waals surface area contributed by atoms with E-state index in [4.69, 9.17) is 4.74 Å². The minimum Gasteiger partial charge on any atom is -0.469 e. The van der Waals surface area contributed by atoms with Crippen molar-refractivity contribution in [2.75, 3.05) is 20.3 Å². The maximum atomic E-state index is 13.1. The van der Waals surface area contributed by atoms with Gasteiger partial charge in [0.15, 0.2) is 0 Å². The van der Waals surface area contributed by atoms with Crippen molar-refractivity contribution >= 4 is 5.97 Å². The third kappa shape index (κ3) is 3.30. The highest BCUT2D eigenvalue weighted by Crippen LogP contribution is 2.23. The Hall–Kier alpha value is -0.640. The lowest BCUT2D eigenvalue weighted by molar-refractivity contribution is -0.141. The SMILES string of the molecule is COC(=O)CC[C@H]1CCOC[C@H]1F. The molecular weight excluding hydrogens is 175 g/mol. The van der Waals surface area contributed by atoms with Crippen LogP contribution in [0.4, 0.5) is 4.39 Å². The van der Waals surface area contributed by atoms with Crippen LogP contribution in [0.15, 0.2) is 0 Å². The van der Waals surface area contributed by atoms with Crippen LogP contribution in [-0.2, 0) is 14.3 Å². The number of hydrogen-bond acceptors (Lipinski definition) is 3. The summed E-state index contributed by atoms with van der Waals surface area (Å²) in [5.74, 6) is -0.299. The van der Waals surface area contributed by atoms with Gasteiger partial charge in [-0.15, -0.1) is 0 Å².